The van der Waals surface area contributed by atoms with Crippen molar-refractivity contribution in [2.75, 3.05) is 13.7 Å². The van der Waals surface area contributed by atoms with Crippen LogP contribution >= 0.6 is 0 Å². The molecule has 0 radical (unpaired) electrons. The summed E-state index contributed by atoms with van der Waals surface area (Å²) in [6.07, 6.45) is 2.13. The Labute approximate surface area is 89.8 Å². The number of methoxy groups -OCH3 is 1. The Hall–Kier alpha value is -1.28. The van der Waals surface area contributed by atoms with Crippen LogP contribution in [0.1, 0.15) is 17.7 Å². The molecule has 0 aliphatic carbocycles. The van der Waals surface area contributed by atoms with Crippen LogP contribution in [0.5, 0.6) is 0 Å². The van der Waals surface area contributed by atoms with Crippen LogP contribution < -0.4 is 0 Å². The molecule has 0 amide bonds. The second-order valence-electron chi connectivity index (χ2n) is 3.83. The van der Waals surface area contributed by atoms with E-state index in [4.69, 9.17) is 9.15 Å². The maximum atomic E-state index is 5.52. The highest BCUT2D eigenvalue weighted by molar-refractivity contribution is 5.78. The van der Waals surface area contributed by atoms with E-state index in [1.54, 1.807) is 7.11 Å². The van der Waals surface area contributed by atoms with E-state index >= 15 is 0 Å². The minimum Gasteiger partial charge on any atom is -0.461 e. The van der Waals surface area contributed by atoms with Gasteiger partial charge in [0.25, 0.3) is 0 Å². The lowest BCUT2D eigenvalue weighted by molar-refractivity contribution is 0.195. The van der Waals surface area contributed by atoms with Gasteiger partial charge in [-0.1, -0.05) is 6.07 Å². The van der Waals surface area contributed by atoms with Gasteiger partial charge in [0.1, 0.15) is 11.3 Å². The highest BCUT2D eigenvalue weighted by atomic mass is 16.5. The zero-order valence-electron chi connectivity index (χ0n) is 9.25. The Morgan fingerprint density at radius 1 is 1.27 bits per heavy atom. The van der Waals surface area contributed by atoms with Gasteiger partial charge in [-0.25, -0.2) is 0 Å². The van der Waals surface area contributed by atoms with E-state index in [1.807, 2.05) is 13.0 Å². The molecule has 2 nitrogen and oxygen atoms in total. The molecular weight excluding hydrogens is 188 g/mol. The molecule has 2 heteroatoms. The first-order valence-corrected chi connectivity index (χ1v) is 5.27. The fourth-order valence-corrected chi connectivity index (χ4v) is 1.80. The summed E-state index contributed by atoms with van der Waals surface area (Å²) in [6, 6.07) is 8.45. The second-order valence-corrected chi connectivity index (χ2v) is 3.83. The van der Waals surface area contributed by atoms with Crippen LogP contribution in [0.25, 0.3) is 11.0 Å². The van der Waals surface area contributed by atoms with E-state index < -0.39 is 0 Å². The summed E-state index contributed by atoms with van der Waals surface area (Å²) in [4.78, 5) is 0. The van der Waals surface area contributed by atoms with Crippen LogP contribution in [0, 0.1) is 6.92 Å². The number of aryl methyl sites for hydroxylation is 2. The van der Waals surface area contributed by atoms with Crippen molar-refractivity contribution >= 4 is 11.0 Å². The van der Waals surface area contributed by atoms with Crippen molar-refractivity contribution < 1.29 is 9.15 Å². The molecule has 80 valence electrons. The van der Waals surface area contributed by atoms with E-state index in [9.17, 15) is 0 Å². The van der Waals surface area contributed by atoms with Gasteiger partial charge in [0, 0.05) is 19.1 Å². The quantitative estimate of drug-likeness (QED) is 0.713. The Morgan fingerprint density at radius 2 is 2.13 bits per heavy atom. The average Bonchev–Trinajstić information content (AvgIpc) is 2.57. The Morgan fingerprint density at radius 3 is 2.93 bits per heavy atom. The minimum absolute atomic E-state index is 0.822. The van der Waals surface area contributed by atoms with Crippen molar-refractivity contribution in [3.8, 4) is 0 Å². The van der Waals surface area contributed by atoms with E-state index in [0.29, 0.717) is 0 Å². The number of hydrogen-bond acceptors (Lipinski definition) is 2. The molecule has 0 bridgehead atoms. The van der Waals surface area contributed by atoms with Gasteiger partial charge in [0.2, 0.25) is 0 Å². The van der Waals surface area contributed by atoms with Gasteiger partial charge in [-0.3, -0.25) is 0 Å². The fraction of sp³-hybridized carbons (Fsp3) is 0.385. The zero-order chi connectivity index (χ0) is 10.7. The van der Waals surface area contributed by atoms with Gasteiger partial charge in [-0.05, 0) is 43.5 Å². The molecule has 0 fully saturated rings. The lowest BCUT2D eigenvalue weighted by atomic mass is 10.1. The molecule has 0 aliphatic rings. The number of rotatable bonds is 4. The molecule has 1 heterocycles. The Balaban J connectivity index is 2.15. The topological polar surface area (TPSA) is 22.4 Å². The predicted molar refractivity (Wildman–Crippen MR) is 61.1 cm³/mol. The van der Waals surface area contributed by atoms with Gasteiger partial charge >= 0.3 is 0 Å². The van der Waals surface area contributed by atoms with Crippen molar-refractivity contribution in [3.05, 3.63) is 35.6 Å². The molecule has 0 unspecified atom stereocenters. The average molecular weight is 204 g/mol. The third-order valence-electron chi connectivity index (χ3n) is 2.52. The third kappa shape index (κ3) is 2.39. The summed E-state index contributed by atoms with van der Waals surface area (Å²) in [5, 5.41) is 1.20. The van der Waals surface area contributed by atoms with Crippen molar-refractivity contribution in [1.82, 2.24) is 0 Å². The van der Waals surface area contributed by atoms with Gasteiger partial charge in [0.15, 0.2) is 0 Å². The minimum atomic E-state index is 0.822. The van der Waals surface area contributed by atoms with Crippen molar-refractivity contribution in [2.24, 2.45) is 0 Å². The molecule has 0 saturated heterocycles. The largest absolute Gasteiger partial charge is 0.461 e. The van der Waals surface area contributed by atoms with Gasteiger partial charge in [-0.2, -0.15) is 0 Å². The molecule has 15 heavy (non-hydrogen) atoms. The molecular formula is C13H16O2. The molecule has 2 rings (SSSR count). The van der Waals surface area contributed by atoms with Crippen molar-refractivity contribution in [1.29, 1.82) is 0 Å². The van der Waals surface area contributed by atoms with Crippen LogP contribution in [0.2, 0.25) is 0 Å². The molecule has 0 saturated carbocycles. The van der Waals surface area contributed by atoms with Crippen LogP contribution in [-0.2, 0) is 11.2 Å². The standard InChI is InChI=1S/C13H16O2/c1-10-8-12-9-11(4-3-7-14-2)5-6-13(12)15-10/h5-6,8-9H,3-4,7H2,1-2H3. The molecule has 2 aromatic rings. The summed E-state index contributed by atoms with van der Waals surface area (Å²) >= 11 is 0. The molecule has 0 atom stereocenters. The molecule has 1 aromatic heterocycles. The van der Waals surface area contributed by atoms with Crippen LogP contribution in [0.3, 0.4) is 0 Å². The number of ether oxygens (including phenoxy) is 1. The summed E-state index contributed by atoms with van der Waals surface area (Å²) < 4.78 is 10.6. The normalized spacial score (nSPS) is 11.1. The van der Waals surface area contributed by atoms with Gasteiger partial charge in [0.05, 0.1) is 0 Å². The highest BCUT2D eigenvalue weighted by Gasteiger charge is 2.01. The summed E-state index contributed by atoms with van der Waals surface area (Å²) in [5.41, 5.74) is 2.32. The first kappa shape index (κ1) is 10.2. The van der Waals surface area contributed by atoms with Gasteiger partial charge < -0.3 is 9.15 Å². The number of furan rings is 1. The number of fused-ring (bicyclic) bond motifs is 1. The van der Waals surface area contributed by atoms with Gasteiger partial charge in [-0.15, -0.1) is 0 Å². The van der Waals surface area contributed by atoms with Crippen LogP contribution in [-0.4, -0.2) is 13.7 Å². The zero-order valence-corrected chi connectivity index (χ0v) is 9.25. The smallest absolute Gasteiger partial charge is 0.134 e. The Kier molecular flexibility index (Phi) is 3.07. The fourth-order valence-electron chi connectivity index (χ4n) is 1.80. The SMILES string of the molecule is COCCCc1ccc2oc(C)cc2c1. The van der Waals surface area contributed by atoms with Crippen molar-refractivity contribution in [3.63, 3.8) is 0 Å². The van der Waals surface area contributed by atoms with E-state index in [2.05, 4.69) is 18.2 Å². The summed E-state index contributed by atoms with van der Waals surface area (Å²) in [6.45, 7) is 2.80. The maximum absolute atomic E-state index is 5.52. The molecule has 0 aliphatic heterocycles. The third-order valence-corrected chi connectivity index (χ3v) is 2.52. The van der Waals surface area contributed by atoms with Crippen LogP contribution in [0.15, 0.2) is 28.7 Å². The molecule has 0 spiro atoms. The number of hydrogen-bond donors (Lipinski definition) is 0. The second kappa shape index (κ2) is 4.49. The lowest BCUT2D eigenvalue weighted by Gasteiger charge is -2.00. The lowest BCUT2D eigenvalue weighted by Crippen LogP contribution is -1.92. The van der Waals surface area contributed by atoms with Crippen molar-refractivity contribution in [2.45, 2.75) is 19.8 Å². The summed E-state index contributed by atoms with van der Waals surface area (Å²) in [7, 11) is 1.74. The van der Waals surface area contributed by atoms with E-state index in [1.165, 1.54) is 10.9 Å². The van der Waals surface area contributed by atoms with E-state index in [-0.39, 0.29) is 0 Å². The first-order valence-electron chi connectivity index (χ1n) is 5.27. The summed E-state index contributed by atoms with van der Waals surface area (Å²) in [5.74, 6) is 0.971. The molecule has 1 aromatic carbocycles. The molecule has 0 N–H and O–H groups in total. The monoisotopic (exact) mass is 204 g/mol. The Bertz CT molecular complexity index is 443. The number of benzene rings is 1. The highest BCUT2D eigenvalue weighted by Crippen LogP contribution is 2.20. The van der Waals surface area contributed by atoms with E-state index in [0.717, 1.165) is 30.8 Å². The first-order chi connectivity index (χ1) is 7.29. The van der Waals surface area contributed by atoms with Crippen LogP contribution in [0.4, 0.5) is 0 Å². The predicted octanol–water partition coefficient (Wildman–Crippen LogP) is 3.32. The maximum Gasteiger partial charge on any atom is 0.134 e.